The third-order valence-electron chi connectivity index (χ3n) is 4.45. The average Bonchev–Trinajstić information content (AvgIpc) is 2.78. The number of nitriles is 1. The topological polar surface area (TPSA) is 79.5 Å². The van der Waals surface area contributed by atoms with E-state index < -0.39 is 5.97 Å². The minimum absolute atomic E-state index is 0.212. The summed E-state index contributed by atoms with van der Waals surface area (Å²) in [6.45, 7) is 2.53. The lowest BCUT2D eigenvalue weighted by Gasteiger charge is -2.13. The molecule has 0 fully saturated rings. The molecule has 3 rings (SSSR count). The predicted molar refractivity (Wildman–Crippen MR) is 115 cm³/mol. The molecular formula is C25H20FNO4. The number of benzene rings is 3. The van der Waals surface area contributed by atoms with Crippen LogP contribution in [0.2, 0.25) is 0 Å². The van der Waals surface area contributed by atoms with Crippen molar-refractivity contribution in [1.29, 1.82) is 5.26 Å². The van der Waals surface area contributed by atoms with Crippen LogP contribution in [0.4, 0.5) is 4.39 Å². The maximum absolute atomic E-state index is 13.2. The second-order valence-electron chi connectivity index (χ2n) is 6.61. The van der Waals surface area contributed by atoms with Gasteiger partial charge in [-0.2, -0.15) is 5.26 Å². The van der Waals surface area contributed by atoms with E-state index in [2.05, 4.69) is 6.07 Å². The van der Waals surface area contributed by atoms with E-state index in [1.165, 1.54) is 24.3 Å². The highest BCUT2D eigenvalue weighted by molar-refractivity contribution is 5.90. The fourth-order valence-corrected chi connectivity index (χ4v) is 2.88. The van der Waals surface area contributed by atoms with E-state index in [-0.39, 0.29) is 18.0 Å². The SMILES string of the molecule is CCOc1cc(/C=C(\C#N)c2ccc(F)cc2)ccc1OCc1ccc(C(=O)O)cc1. The van der Waals surface area contributed by atoms with Gasteiger partial charge < -0.3 is 14.6 Å². The number of halogens is 1. The molecule has 1 N–H and O–H groups in total. The first kappa shape index (κ1) is 21.6. The maximum atomic E-state index is 13.2. The number of carboxylic acid groups (broad SMARTS) is 1. The number of nitrogens with zero attached hydrogens (tertiary/aromatic N) is 1. The molecule has 5 nitrogen and oxygen atoms in total. The molecule has 0 aromatic heterocycles. The number of hydrogen-bond acceptors (Lipinski definition) is 4. The molecule has 0 aliphatic carbocycles. The summed E-state index contributed by atoms with van der Waals surface area (Å²) >= 11 is 0. The van der Waals surface area contributed by atoms with Gasteiger partial charge in [-0.1, -0.05) is 30.3 Å². The van der Waals surface area contributed by atoms with Crippen molar-refractivity contribution in [2.24, 2.45) is 0 Å². The Morgan fingerprint density at radius 2 is 1.68 bits per heavy atom. The molecule has 0 bridgehead atoms. The molecule has 0 atom stereocenters. The zero-order chi connectivity index (χ0) is 22.2. The van der Waals surface area contributed by atoms with Crippen molar-refractivity contribution in [3.8, 4) is 17.6 Å². The summed E-state index contributed by atoms with van der Waals surface area (Å²) in [6.07, 6.45) is 1.70. The van der Waals surface area contributed by atoms with Crippen molar-refractivity contribution in [2.45, 2.75) is 13.5 Å². The minimum atomic E-state index is -0.980. The lowest BCUT2D eigenvalue weighted by Crippen LogP contribution is -2.01. The number of carbonyl (C=O) groups is 1. The number of hydrogen-bond donors (Lipinski definition) is 1. The van der Waals surface area contributed by atoms with Gasteiger partial charge in [0, 0.05) is 0 Å². The standard InChI is InChI=1S/C25H20FNO4/c1-2-30-24-14-18(13-21(15-27)19-8-10-22(26)11-9-19)5-12-23(24)31-16-17-3-6-20(7-4-17)25(28)29/h3-14H,2,16H2,1H3,(H,28,29)/b21-13+. The maximum Gasteiger partial charge on any atom is 0.335 e. The van der Waals surface area contributed by atoms with Crippen LogP contribution in [0.5, 0.6) is 11.5 Å². The second-order valence-corrected chi connectivity index (χ2v) is 6.61. The lowest BCUT2D eigenvalue weighted by molar-refractivity contribution is 0.0697. The van der Waals surface area contributed by atoms with Crippen molar-refractivity contribution in [2.75, 3.05) is 6.61 Å². The van der Waals surface area contributed by atoms with Gasteiger partial charge in [-0.25, -0.2) is 9.18 Å². The summed E-state index contributed by atoms with van der Waals surface area (Å²) in [5.41, 5.74) is 2.79. The van der Waals surface area contributed by atoms with Gasteiger partial charge in [0.05, 0.1) is 23.8 Å². The second kappa shape index (κ2) is 10.1. The van der Waals surface area contributed by atoms with E-state index >= 15 is 0 Å². The van der Waals surface area contributed by atoms with Gasteiger partial charge >= 0.3 is 5.97 Å². The Morgan fingerprint density at radius 1 is 1.00 bits per heavy atom. The highest BCUT2D eigenvalue weighted by atomic mass is 19.1. The summed E-state index contributed by atoms with van der Waals surface area (Å²) in [4.78, 5) is 11.0. The van der Waals surface area contributed by atoms with Crippen molar-refractivity contribution in [1.82, 2.24) is 0 Å². The molecule has 3 aromatic carbocycles. The van der Waals surface area contributed by atoms with Gasteiger partial charge in [-0.3, -0.25) is 0 Å². The van der Waals surface area contributed by atoms with Gasteiger partial charge in [0.2, 0.25) is 0 Å². The zero-order valence-corrected chi connectivity index (χ0v) is 16.8. The molecule has 0 radical (unpaired) electrons. The number of carboxylic acids is 1. The molecule has 0 heterocycles. The lowest BCUT2D eigenvalue weighted by atomic mass is 10.0. The van der Waals surface area contributed by atoms with Crippen molar-refractivity contribution in [3.63, 3.8) is 0 Å². The normalized spacial score (nSPS) is 10.9. The Kier molecular flexibility index (Phi) is 7.02. The number of allylic oxidation sites excluding steroid dienone is 1. The van der Waals surface area contributed by atoms with E-state index in [1.54, 1.807) is 48.5 Å². The van der Waals surface area contributed by atoms with Crippen molar-refractivity contribution >= 4 is 17.6 Å². The third-order valence-corrected chi connectivity index (χ3v) is 4.45. The summed E-state index contributed by atoms with van der Waals surface area (Å²) < 4.78 is 24.7. The van der Waals surface area contributed by atoms with Gasteiger partial charge in [0.1, 0.15) is 12.4 Å². The monoisotopic (exact) mass is 417 g/mol. The molecule has 0 aliphatic rings. The van der Waals surface area contributed by atoms with E-state index in [0.717, 1.165) is 11.1 Å². The average molecular weight is 417 g/mol. The molecule has 6 heteroatoms. The van der Waals surface area contributed by atoms with Gasteiger partial charge in [0.15, 0.2) is 11.5 Å². The molecule has 0 aliphatic heterocycles. The Morgan fingerprint density at radius 3 is 2.29 bits per heavy atom. The van der Waals surface area contributed by atoms with E-state index in [1.807, 2.05) is 6.92 Å². The molecule has 0 saturated carbocycles. The fraction of sp³-hybridized carbons (Fsp3) is 0.120. The number of aromatic carboxylic acids is 1. The number of ether oxygens (including phenoxy) is 2. The Hall–Kier alpha value is -4.11. The van der Waals surface area contributed by atoms with Gasteiger partial charge in [0.25, 0.3) is 0 Å². The third kappa shape index (κ3) is 5.71. The first-order valence-electron chi connectivity index (χ1n) is 9.59. The van der Waals surface area contributed by atoms with Crippen LogP contribution in [0.3, 0.4) is 0 Å². The quantitative estimate of drug-likeness (QED) is 0.383. The number of rotatable bonds is 8. The summed E-state index contributed by atoms with van der Waals surface area (Å²) in [5, 5.41) is 18.5. The van der Waals surface area contributed by atoms with E-state index in [4.69, 9.17) is 14.6 Å². The van der Waals surface area contributed by atoms with Crippen LogP contribution in [0.25, 0.3) is 11.6 Å². The van der Waals surface area contributed by atoms with Crippen molar-refractivity contribution < 1.29 is 23.8 Å². The van der Waals surface area contributed by atoms with Gasteiger partial charge in [-0.15, -0.1) is 0 Å². The summed E-state index contributed by atoms with van der Waals surface area (Å²) in [7, 11) is 0. The van der Waals surface area contributed by atoms with Crippen LogP contribution in [0.1, 0.15) is 34.0 Å². The predicted octanol–water partition coefficient (Wildman–Crippen LogP) is 5.57. The van der Waals surface area contributed by atoms with Crippen molar-refractivity contribution in [3.05, 3.63) is 94.8 Å². The van der Waals surface area contributed by atoms with Crippen LogP contribution in [0.15, 0.2) is 66.7 Å². The Labute approximate surface area is 179 Å². The summed E-state index contributed by atoms with van der Waals surface area (Å²) in [5.74, 6) is -0.290. The van der Waals surface area contributed by atoms with Crippen LogP contribution in [-0.2, 0) is 6.61 Å². The van der Waals surface area contributed by atoms with E-state index in [9.17, 15) is 14.4 Å². The highest BCUT2D eigenvalue weighted by Gasteiger charge is 2.09. The molecule has 0 spiro atoms. The first-order valence-corrected chi connectivity index (χ1v) is 9.59. The van der Waals surface area contributed by atoms with Crippen LogP contribution >= 0.6 is 0 Å². The van der Waals surface area contributed by atoms with Gasteiger partial charge in [-0.05, 0) is 66.1 Å². The summed E-state index contributed by atoms with van der Waals surface area (Å²) in [6, 6.07) is 19.6. The molecule has 0 saturated heterocycles. The molecule has 31 heavy (non-hydrogen) atoms. The molecule has 3 aromatic rings. The Bertz CT molecular complexity index is 1130. The van der Waals surface area contributed by atoms with Crippen LogP contribution in [0, 0.1) is 17.1 Å². The van der Waals surface area contributed by atoms with E-state index in [0.29, 0.717) is 29.2 Å². The minimum Gasteiger partial charge on any atom is -0.490 e. The smallest absolute Gasteiger partial charge is 0.335 e. The fourth-order valence-electron chi connectivity index (χ4n) is 2.88. The van der Waals surface area contributed by atoms with Crippen LogP contribution < -0.4 is 9.47 Å². The first-order chi connectivity index (χ1) is 15.0. The highest BCUT2D eigenvalue weighted by Crippen LogP contribution is 2.31. The zero-order valence-electron chi connectivity index (χ0n) is 16.8. The molecular weight excluding hydrogens is 397 g/mol. The Balaban J connectivity index is 1.80. The molecule has 0 unspecified atom stereocenters. The largest absolute Gasteiger partial charge is 0.490 e. The molecule has 156 valence electrons. The molecule has 0 amide bonds. The van der Waals surface area contributed by atoms with Crippen LogP contribution in [-0.4, -0.2) is 17.7 Å².